The molecule has 0 bridgehead atoms. The maximum Gasteiger partial charge on any atom is 0.370 e. The average Bonchev–Trinajstić information content (AvgIpc) is 2.26. The molecule has 8 heteroatoms. The molecule has 0 aliphatic carbocycles. The molecule has 0 fully saturated rings. The van der Waals surface area contributed by atoms with Gasteiger partial charge in [-0.2, -0.15) is 0 Å². The van der Waals surface area contributed by atoms with Crippen molar-refractivity contribution in [3.05, 3.63) is 0 Å². The Morgan fingerprint density at radius 1 is 1.33 bits per heavy atom. The molecule has 0 aliphatic rings. The summed E-state index contributed by atoms with van der Waals surface area (Å²) in [7, 11) is 0. The van der Waals surface area contributed by atoms with E-state index in [2.05, 4.69) is 9.47 Å². The maximum absolute atomic E-state index is 11.4. The van der Waals surface area contributed by atoms with Crippen LogP contribution >= 0.6 is 11.8 Å². The van der Waals surface area contributed by atoms with E-state index in [4.69, 9.17) is 10.8 Å². The van der Waals surface area contributed by atoms with Crippen molar-refractivity contribution in [2.24, 2.45) is 5.73 Å². The van der Waals surface area contributed by atoms with Gasteiger partial charge in [0, 0.05) is 11.2 Å². The van der Waals surface area contributed by atoms with E-state index in [1.165, 1.54) is 13.8 Å². The van der Waals surface area contributed by atoms with Crippen LogP contribution in [0.15, 0.2) is 0 Å². The monoisotopic (exact) mass is 279 g/mol. The minimum Gasteiger partial charge on any atom is -0.480 e. The number of aliphatic carboxylic acids is 1. The largest absolute Gasteiger partial charge is 0.480 e. The zero-order valence-electron chi connectivity index (χ0n) is 10.5. The molecule has 1 atom stereocenters. The van der Waals surface area contributed by atoms with E-state index in [1.807, 2.05) is 0 Å². The van der Waals surface area contributed by atoms with Crippen molar-refractivity contribution >= 4 is 29.0 Å². The molecule has 0 rings (SSSR count). The number of thioether (sulfide) groups is 1. The zero-order chi connectivity index (χ0) is 14.3. The van der Waals surface area contributed by atoms with Gasteiger partial charge in [0.1, 0.15) is 6.04 Å². The first-order valence-corrected chi connectivity index (χ1v) is 6.02. The fourth-order valence-corrected chi connectivity index (χ4v) is 1.61. The summed E-state index contributed by atoms with van der Waals surface area (Å²) in [4.78, 5) is 32.8. The highest BCUT2D eigenvalue weighted by Crippen LogP contribution is 2.29. The van der Waals surface area contributed by atoms with Crippen molar-refractivity contribution < 1.29 is 29.0 Å². The van der Waals surface area contributed by atoms with Crippen molar-refractivity contribution in [1.29, 1.82) is 0 Å². The number of esters is 1. The van der Waals surface area contributed by atoms with Crippen LogP contribution in [-0.2, 0) is 19.1 Å². The van der Waals surface area contributed by atoms with Gasteiger partial charge >= 0.3 is 17.2 Å². The van der Waals surface area contributed by atoms with Gasteiger partial charge < -0.3 is 20.3 Å². The Bertz CT molecular complexity index is 330. The fourth-order valence-electron chi connectivity index (χ4n) is 0.850. The van der Waals surface area contributed by atoms with E-state index < -0.39 is 34.8 Å². The van der Waals surface area contributed by atoms with E-state index in [-0.39, 0.29) is 6.42 Å². The van der Waals surface area contributed by atoms with Crippen LogP contribution in [0.2, 0.25) is 0 Å². The predicted octanol–water partition coefficient (Wildman–Crippen LogP) is 0.957. The Hall–Kier alpha value is -1.28. The van der Waals surface area contributed by atoms with Gasteiger partial charge in [-0.25, -0.2) is 4.79 Å². The molecule has 0 saturated heterocycles. The molecule has 18 heavy (non-hydrogen) atoms. The van der Waals surface area contributed by atoms with Gasteiger partial charge in [0.2, 0.25) is 6.79 Å². The number of rotatable bonds is 6. The van der Waals surface area contributed by atoms with Gasteiger partial charge in [0.15, 0.2) is 0 Å². The van der Waals surface area contributed by atoms with Gasteiger partial charge in [-0.1, -0.05) is 6.92 Å². The molecule has 7 nitrogen and oxygen atoms in total. The Balaban J connectivity index is 4.15. The Morgan fingerprint density at radius 3 is 2.33 bits per heavy atom. The lowest BCUT2D eigenvalue weighted by Crippen LogP contribution is -2.47. The van der Waals surface area contributed by atoms with Crippen LogP contribution in [0, 0.1) is 0 Å². The summed E-state index contributed by atoms with van der Waals surface area (Å²) in [5, 5.41) is 8.00. The van der Waals surface area contributed by atoms with Crippen molar-refractivity contribution in [2.45, 2.75) is 38.0 Å². The zero-order valence-corrected chi connectivity index (χ0v) is 11.3. The van der Waals surface area contributed by atoms with Gasteiger partial charge in [-0.3, -0.25) is 9.59 Å². The second kappa shape index (κ2) is 7.22. The lowest BCUT2D eigenvalue weighted by atomic mass is 10.1. The van der Waals surface area contributed by atoms with E-state index >= 15 is 0 Å². The molecule has 0 amide bonds. The lowest BCUT2D eigenvalue weighted by molar-refractivity contribution is -0.150. The molecular formula is C10H17NO6S. The smallest absolute Gasteiger partial charge is 0.370 e. The molecule has 0 aliphatic heterocycles. The third kappa shape index (κ3) is 5.87. The number of hydrogen-bond acceptors (Lipinski definition) is 7. The number of nitrogens with two attached hydrogens (primary N) is 1. The molecule has 0 heterocycles. The van der Waals surface area contributed by atoms with Crippen LogP contribution in [-0.4, -0.2) is 39.9 Å². The highest BCUT2D eigenvalue weighted by atomic mass is 32.2. The van der Waals surface area contributed by atoms with Crippen LogP contribution in [0.3, 0.4) is 0 Å². The third-order valence-electron chi connectivity index (χ3n) is 2.05. The molecule has 0 saturated carbocycles. The van der Waals surface area contributed by atoms with Gasteiger partial charge in [0.05, 0.1) is 0 Å². The van der Waals surface area contributed by atoms with Crippen molar-refractivity contribution in [3.8, 4) is 0 Å². The highest BCUT2D eigenvalue weighted by Gasteiger charge is 2.35. The van der Waals surface area contributed by atoms with E-state index in [1.54, 1.807) is 6.92 Å². The summed E-state index contributed by atoms with van der Waals surface area (Å²) in [6, 6.07) is -1.21. The summed E-state index contributed by atoms with van der Waals surface area (Å²) in [6.07, 6.45) is 0.181. The minimum atomic E-state index is -1.21. The van der Waals surface area contributed by atoms with Gasteiger partial charge in [-0.15, -0.1) is 0 Å². The standard InChI is InChI=1S/C10H17NO6S/c1-4-6(12)16-5-17-9(15)18-10(2,3)7(11)8(13)14/h7H,4-5,11H2,1-3H3,(H,13,14). The molecule has 0 aromatic carbocycles. The number of carboxylic acids is 1. The third-order valence-corrected chi connectivity index (χ3v) is 3.11. The number of carbonyl (C=O) groups is 3. The Labute approximate surface area is 109 Å². The van der Waals surface area contributed by atoms with E-state index in [9.17, 15) is 14.4 Å². The van der Waals surface area contributed by atoms with Crippen LogP contribution in [0.4, 0.5) is 4.79 Å². The first kappa shape index (κ1) is 16.7. The number of carbonyl (C=O) groups excluding carboxylic acids is 2. The topological polar surface area (TPSA) is 116 Å². The number of ether oxygens (including phenoxy) is 2. The normalized spacial score (nSPS) is 12.7. The van der Waals surface area contributed by atoms with Crippen LogP contribution in [0.25, 0.3) is 0 Å². The number of carboxylic acid groups (broad SMARTS) is 1. The average molecular weight is 279 g/mol. The second-order valence-electron chi connectivity index (χ2n) is 3.90. The Morgan fingerprint density at radius 2 is 1.89 bits per heavy atom. The predicted molar refractivity (Wildman–Crippen MR) is 65.0 cm³/mol. The van der Waals surface area contributed by atoms with Crippen molar-refractivity contribution in [1.82, 2.24) is 0 Å². The first-order valence-electron chi connectivity index (χ1n) is 5.20. The molecule has 104 valence electrons. The summed E-state index contributed by atoms with van der Waals surface area (Å²) in [5.74, 6) is -1.70. The van der Waals surface area contributed by atoms with Gasteiger partial charge in [-0.05, 0) is 25.6 Å². The van der Waals surface area contributed by atoms with Crippen LogP contribution in [0.5, 0.6) is 0 Å². The molecule has 0 aromatic rings. The van der Waals surface area contributed by atoms with E-state index in [0.717, 1.165) is 0 Å². The van der Waals surface area contributed by atoms with Crippen molar-refractivity contribution in [3.63, 3.8) is 0 Å². The van der Waals surface area contributed by atoms with Crippen LogP contribution < -0.4 is 5.73 Å². The summed E-state index contributed by atoms with van der Waals surface area (Å²) in [6.45, 7) is 4.14. The summed E-state index contributed by atoms with van der Waals surface area (Å²) in [5.41, 5.74) is 5.43. The number of hydrogen-bond donors (Lipinski definition) is 2. The Kier molecular flexibility index (Phi) is 6.71. The van der Waals surface area contributed by atoms with Crippen LogP contribution in [0.1, 0.15) is 27.2 Å². The molecule has 1 unspecified atom stereocenters. The van der Waals surface area contributed by atoms with Gasteiger partial charge in [0.25, 0.3) is 0 Å². The van der Waals surface area contributed by atoms with E-state index in [0.29, 0.717) is 11.8 Å². The second-order valence-corrected chi connectivity index (χ2v) is 5.49. The molecule has 0 spiro atoms. The quantitative estimate of drug-likeness (QED) is 0.545. The molecule has 0 radical (unpaired) electrons. The molecular weight excluding hydrogens is 262 g/mol. The fraction of sp³-hybridized carbons (Fsp3) is 0.700. The minimum absolute atomic E-state index is 0.181. The SMILES string of the molecule is CCC(=O)OCOC(=O)SC(C)(C)C(N)C(=O)O. The summed E-state index contributed by atoms with van der Waals surface area (Å²) < 4.78 is 8.12. The summed E-state index contributed by atoms with van der Waals surface area (Å²) >= 11 is 0.639. The molecule has 0 aromatic heterocycles. The lowest BCUT2D eigenvalue weighted by Gasteiger charge is -2.26. The van der Waals surface area contributed by atoms with Crippen molar-refractivity contribution in [2.75, 3.05) is 6.79 Å². The first-order chi connectivity index (χ1) is 8.20. The maximum atomic E-state index is 11.4. The highest BCUT2D eigenvalue weighted by molar-refractivity contribution is 8.14. The molecule has 3 N–H and O–H groups in total.